The van der Waals surface area contributed by atoms with Crippen LogP contribution in [0.3, 0.4) is 0 Å². The third-order valence-corrected chi connectivity index (χ3v) is 6.31. The zero-order chi connectivity index (χ0) is 16.6. The van der Waals surface area contributed by atoms with E-state index in [-0.39, 0.29) is 22.4 Å². The van der Waals surface area contributed by atoms with Gasteiger partial charge in [-0.15, -0.1) is 28.3 Å². The highest BCUT2D eigenvalue weighted by Crippen LogP contribution is 2.49. The van der Waals surface area contributed by atoms with Crippen molar-refractivity contribution in [1.29, 1.82) is 0 Å². The van der Waals surface area contributed by atoms with Gasteiger partial charge in [-0.1, -0.05) is 48.9 Å². The third-order valence-electron chi connectivity index (χ3n) is 5.41. The molecule has 1 aliphatic carbocycles. The van der Waals surface area contributed by atoms with Crippen LogP contribution in [0.15, 0.2) is 52.8 Å². The second-order valence-electron chi connectivity index (χ2n) is 6.62. The van der Waals surface area contributed by atoms with Crippen LogP contribution in [0.2, 0.25) is 0 Å². The Hall–Kier alpha value is -1.39. The summed E-state index contributed by atoms with van der Waals surface area (Å²) in [5, 5.41) is 5.02. The molecule has 1 saturated carbocycles. The van der Waals surface area contributed by atoms with Crippen molar-refractivity contribution in [2.45, 2.75) is 45.1 Å². The molecular weight excluding hydrogens is 392 g/mol. The summed E-state index contributed by atoms with van der Waals surface area (Å²) in [6.07, 6.45) is 3.80. The molecule has 25 heavy (non-hydrogen) atoms. The number of hydrogen-bond donors (Lipinski definition) is 0. The monoisotopic (exact) mass is 416 g/mol. The summed E-state index contributed by atoms with van der Waals surface area (Å²) in [6, 6.07) is 15.7. The van der Waals surface area contributed by atoms with E-state index in [2.05, 4.69) is 66.3 Å². The maximum atomic E-state index is 4.70. The number of aromatic nitrogens is 1. The highest BCUT2D eigenvalue weighted by molar-refractivity contribution is 8.93. The lowest BCUT2D eigenvalue weighted by Gasteiger charge is -2.43. The maximum absolute atomic E-state index is 4.70. The van der Waals surface area contributed by atoms with Crippen LogP contribution in [0.1, 0.15) is 44.4 Å². The minimum atomic E-state index is 0. The zero-order valence-electron chi connectivity index (χ0n) is 14.9. The van der Waals surface area contributed by atoms with Gasteiger partial charge in [-0.3, -0.25) is 4.99 Å². The van der Waals surface area contributed by atoms with Gasteiger partial charge in [0.05, 0.1) is 0 Å². The fourth-order valence-corrected chi connectivity index (χ4v) is 5.11. The Morgan fingerprint density at radius 1 is 1.08 bits per heavy atom. The third kappa shape index (κ3) is 3.00. The molecule has 2 aromatic carbocycles. The molecule has 0 amide bonds. The molecule has 4 rings (SSSR count). The summed E-state index contributed by atoms with van der Waals surface area (Å²) in [5.41, 5.74) is 3.11. The predicted octanol–water partition coefficient (Wildman–Crippen LogP) is 5.69. The summed E-state index contributed by atoms with van der Waals surface area (Å²) in [5.74, 6) is 0. The van der Waals surface area contributed by atoms with E-state index < -0.39 is 0 Å². The van der Waals surface area contributed by atoms with E-state index in [4.69, 9.17) is 4.99 Å². The van der Waals surface area contributed by atoms with Gasteiger partial charge >= 0.3 is 0 Å². The molecule has 1 aliphatic rings. The quantitative estimate of drug-likeness (QED) is 0.519. The molecule has 132 valence electrons. The number of rotatable bonds is 4. The molecule has 0 atom stereocenters. The summed E-state index contributed by atoms with van der Waals surface area (Å²) >= 11 is 1.80. The zero-order valence-corrected chi connectivity index (χ0v) is 17.4. The highest BCUT2D eigenvalue weighted by atomic mass is 79.9. The summed E-state index contributed by atoms with van der Waals surface area (Å²) < 4.78 is 2.43. The molecule has 0 bridgehead atoms. The van der Waals surface area contributed by atoms with Crippen molar-refractivity contribution in [1.82, 2.24) is 4.57 Å². The van der Waals surface area contributed by atoms with E-state index in [0.29, 0.717) is 0 Å². The van der Waals surface area contributed by atoms with Crippen LogP contribution in [0.5, 0.6) is 0 Å². The van der Waals surface area contributed by atoms with E-state index in [1.807, 2.05) is 0 Å². The Morgan fingerprint density at radius 3 is 2.48 bits per heavy atom. The summed E-state index contributed by atoms with van der Waals surface area (Å²) in [6.45, 7) is 6.19. The molecule has 0 spiro atoms. The number of fused-ring (bicyclic) bond motifs is 1. The minimum Gasteiger partial charge on any atom is -0.320 e. The first-order chi connectivity index (χ1) is 11.8. The fraction of sp³-hybridized carbons (Fsp3) is 0.381. The number of nitrogens with zero attached hydrogens (tertiary/aromatic N) is 2. The molecule has 0 N–H and O–H groups in total. The number of halogens is 1. The van der Waals surface area contributed by atoms with Gasteiger partial charge in [-0.25, -0.2) is 0 Å². The highest BCUT2D eigenvalue weighted by Gasteiger charge is 2.42. The van der Waals surface area contributed by atoms with Crippen LogP contribution in [0, 0.1) is 0 Å². The lowest BCUT2D eigenvalue weighted by molar-refractivity contribution is 0.283. The normalized spacial score (nSPS) is 16.5. The Bertz CT molecular complexity index is 934. The van der Waals surface area contributed by atoms with Crippen LogP contribution >= 0.6 is 28.3 Å². The summed E-state index contributed by atoms with van der Waals surface area (Å²) in [4.78, 5) is 5.86. The molecule has 3 aromatic rings. The molecule has 2 nitrogen and oxygen atoms in total. The Labute approximate surface area is 164 Å². The molecule has 0 unspecified atom stereocenters. The van der Waals surface area contributed by atoms with Crippen molar-refractivity contribution in [2.75, 3.05) is 6.54 Å². The first-order valence-electron chi connectivity index (χ1n) is 8.97. The molecule has 1 fully saturated rings. The van der Waals surface area contributed by atoms with Crippen molar-refractivity contribution in [2.24, 2.45) is 4.99 Å². The Morgan fingerprint density at radius 2 is 1.84 bits per heavy atom. The van der Waals surface area contributed by atoms with Crippen LogP contribution in [-0.2, 0) is 12.0 Å². The fourth-order valence-electron chi connectivity index (χ4n) is 3.98. The Kier molecular flexibility index (Phi) is 5.49. The second kappa shape index (κ2) is 7.46. The van der Waals surface area contributed by atoms with Crippen LogP contribution in [0.4, 0.5) is 0 Å². The van der Waals surface area contributed by atoms with Crippen molar-refractivity contribution >= 4 is 39.1 Å². The van der Waals surface area contributed by atoms with Crippen LogP contribution in [0.25, 0.3) is 10.8 Å². The van der Waals surface area contributed by atoms with E-state index in [0.717, 1.165) is 13.1 Å². The Balaban J connectivity index is 0.00000182. The van der Waals surface area contributed by atoms with E-state index >= 15 is 0 Å². The molecule has 1 aromatic heterocycles. The van der Waals surface area contributed by atoms with Crippen LogP contribution < -0.4 is 4.80 Å². The van der Waals surface area contributed by atoms with Gasteiger partial charge < -0.3 is 4.57 Å². The van der Waals surface area contributed by atoms with Gasteiger partial charge in [-0.2, -0.15) is 0 Å². The van der Waals surface area contributed by atoms with Crippen molar-refractivity contribution < 1.29 is 0 Å². The molecule has 1 heterocycles. The van der Waals surface area contributed by atoms with Crippen molar-refractivity contribution in [3.63, 3.8) is 0 Å². The van der Waals surface area contributed by atoms with Gasteiger partial charge in [0, 0.05) is 29.6 Å². The van der Waals surface area contributed by atoms with Gasteiger partial charge in [0.2, 0.25) is 0 Å². The van der Waals surface area contributed by atoms with E-state index in [1.54, 1.807) is 11.3 Å². The maximum Gasteiger partial charge on any atom is 0.184 e. The smallest absolute Gasteiger partial charge is 0.184 e. The molecule has 0 radical (unpaired) electrons. The van der Waals surface area contributed by atoms with E-state index in [9.17, 15) is 0 Å². The lowest BCUT2D eigenvalue weighted by atomic mass is 9.62. The largest absolute Gasteiger partial charge is 0.320 e. The number of thiazole rings is 1. The first-order valence-corrected chi connectivity index (χ1v) is 9.85. The second-order valence-corrected chi connectivity index (χ2v) is 7.46. The lowest BCUT2D eigenvalue weighted by Crippen LogP contribution is -2.39. The van der Waals surface area contributed by atoms with Gasteiger partial charge in [0.15, 0.2) is 4.80 Å². The van der Waals surface area contributed by atoms with Crippen LogP contribution in [-0.4, -0.2) is 11.1 Å². The van der Waals surface area contributed by atoms with Gasteiger partial charge in [0.25, 0.3) is 0 Å². The molecule has 0 aliphatic heterocycles. The molecule has 0 saturated heterocycles. The van der Waals surface area contributed by atoms with E-state index in [1.165, 1.54) is 46.1 Å². The molecule has 4 heteroatoms. The van der Waals surface area contributed by atoms with Gasteiger partial charge in [0.1, 0.15) is 0 Å². The number of benzene rings is 2. The average molecular weight is 417 g/mol. The van der Waals surface area contributed by atoms with Crippen molar-refractivity contribution in [3.05, 3.63) is 63.9 Å². The van der Waals surface area contributed by atoms with Gasteiger partial charge in [-0.05, 0) is 43.0 Å². The standard InChI is InChI=1S/C21H24N2S.BrH/c1-3-22-20-23(4-2)19(15-24-20)21(12-7-13-21)18-11-10-16-8-5-6-9-17(16)14-18;/h5-6,8-11,14-15H,3-4,7,12-13H2,1-2H3;1H/b22-20+;. The first kappa shape index (κ1) is 18.4. The molecular formula is C21H25BrN2S. The SMILES string of the molecule is Br.CC/N=c1/scc(C2(c3ccc4ccccc4c3)CCC2)n1CC. The predicted molar refractivity (Wildman–Crippen MR) is 113 cm³/mol. The minimum absolute atomic E-state index is 0. The topological polar surface area (TPSA) is 17.3 Å². The van der Waals surface area contributed by atoms with Crippen molar-refractivity contribution in [3.8, 4) is 0 Å². The average Bonchev–Trinajstić information content (AvgIpc) is 2.97. The summed E-state index contributed by atoms with van der Waals surface area (Å²) in [7, 11) is 0. The number of hydrogen-bond acceptors (Lipinski definition) is 2.